The summed E-state index contributed by atoms with van der Waals surface area (Å²) < 4.78 is 60.5. The Kier molecular flexibility index (Phi) is 5.66. The van der Waals surface area contributed by atoms with Crippen LogP contribution in [-0.2, 0) is 14.3 Å². The molecule has 0 radical (unpaired) electrons. The van der Waals surface area contributed by atoms with Gasteiger partial charge >= 0.3 is 15.6 Å². The van der Waals surface area contributed by atoms with Gasteiger partial charge in [-0.3, -0.25) is 0 Å². The fourth-order valence-electron chi connectivity index (χ4n) is 0.852. The van der Waals surface area contributed by atoms with Crippen LogP contribution >= 0.6 is 0 Å². The molecule has 0 aliphatic rings. The molecule has 18 heavy (non-hydrogen) atoms. The first-order chi connectivity index (χ1) is 8.01. The van der Waals surface area contributed by atoms with E-state index < -0.39 is 40.0 Å². The van der Waals surface area contributed by atoms with E-state index in [0.717, 1.165) is 0 Å². The van der Waals surface area contributed by atoms with Crippen molar-refractivity contribution in [2.45, 2.75) is 30.6 Å². The molecule has 0 saturated heterocycles. The lowest BCUT2D eigenvalue weighted by Gasteiger charge is -2.17. The molecule has 0 spiro atoms. The number of hydrogen-bond acceptors (Lipinski definition) is 5. The molecule has 0 saturated carbocycles. The van der Waals surface area contributed by atoms with Gasteiger partial charge in [0, 0.05) is 12.8 Å². The van der Waals surface area contributed by atoms with Crippen molar-refractivity contribution in [1.82, 2.24) is 0 Å². The van der Waals surface area contributed by atoms with Gasteiger partial charge in [-0.05, 0) is 0 Å². The summed E-state index contributed by atoms with van der Waals surface area (Å²) in [5.74, 6) is 1.02. The van der Waals surface area contributed by atoms with Crippen LogP contribution in [-0.4, -0.2) is 36.3 Å². The minimum Gasteiger partial charge on any atom is -0.392 e. The number of terminal acetylenes is 1. The molecule has 104 valence electrons. The van der Waals surface area contributed by atoms with E-state index in [-0.39, 0.29) is 6.42 Å². The van der Waals surface area contributed by atoms with Gasteiger partial charge in [-0.25, -0.2) is 0 Å². The van der Waals surface area contributed by atoms with Crippen LogP contribution in [0.5, 0.6) is 0 Å². The molecule has 2 N–H and O–H groups in total. The van der Waals surface area contributed by atoms with Crippen molar-refractivity contribution in [3.8, 4) is 12.3 Å². The highest BCUT2D eigenvalue weighted by atomic mass is 32.2. The van der Waals surface area contributed by atoms with Gasteiger partial charge in [0.25, 0.3) is 0 Å². The Morgan fingerprint density at radius 3 is 2.33 bits per heavy atom. The third-order valence-electron chi connectivity index (χ3n) is 1.72. The second-order valence-electron chi connectivity index (χ2n) is 3.26. The van der Waals surface area contributed by atoms with Crippen molar-refractivity contribution >= 4 is 10.1 Å². The number of aliphatic hydroxyl groups excluding tert-OH is 2. The van der Waals surface area contributed by atoms with E-state index in [1.165, 1.54) is 0 Å². The number of alkyl halides is 3. The first-order valence-electron chi connectivity index (χ1n) is 4.50. The third kappa shape index (κ3) is 4.95. The minimum absolute atomic E-state index is 0.156. The lowest BCUT2D eigenvalue weighted by atomic mass is 10.1. The quantitative estimate of drug-likeness (QED) is 0.322. The van der Waals surface area contributed by atoms with Crippen LogP contribution in [0.3, 0.4) is 0 Å². The second kappa shape index (κ2) is 6.08. The molecule has 0 aromatic carbocycles. The summed E-state index contributed by atoms with van der Waals surface area (Å²) in [6.07, 6.45) is 1.21. The van der Waals surface area contributed by atoms with Gasteiger partial charge in [0.1, 0.15) is 11.9 Å². The maximum absolute atomic E-state index is 11.9. The summed E-state index contributed by atoms with van der Waals surface area (Å²) in [5.41, 5.74) is -5.62. The summed E-state index contributed by atoms with van der Waals surface area (Å²) in [6.45, 7) is 2.85. The molecule has 0 aliphatic heterocycles. The van der Waals surface area contributed by atoms with Crippen LogP contribution in [0.15, 0.2) is 12.3 Å². The molecule has 0 unspecified atom stereocenters. The van der Waals surface area contributed by atoms with Gasteiger partial charge in [-0.2, -0.15) is 21.6 Å². The van der Waals surface area contributed by atoms with E-state index in [0.29, 0.717) is 0 Å². The second-order valence-corrected chi connectivity index (χ2v) is 4.80. The highest BCUT2D eigenvalue weighted by Crippen LogP contribution is 2.27. The normalized spacial score (nSPS) is 15.6. The first kappa shape index (κ1) is 16.8. The average molecular weight is 288 g/mol. The van der Waals surface area contributed by atoms with Crippen molar-refractivity contribution in [3.63, 3.8) is 0 Å². The molecular weight excluding hydrogens is 277 g/mol. The van der Waals surface area contributed by atoms with Gasteiger partial charge in [0.2, 0.25) is 0 Å². The number of hydrogen-bond donors (Lipinski definition) is 2. The van der Waals surface area contributed by atoms with Crippen LogP contribution in [0.2, 0.25) is 0 Å². The summed E-state index contributed by atoms with van der Waals surface area (Å²) in [5, 5.41) is 18.4. The fraction of sp³-hybridized carbons (Fsp3) is 0.556. The molecule has 0 aromatic rings. The molecule has 0 aliphatic carbocycles. The van der Waals surface area contributed by atoms with Gasteiger partial charge in [0.05, 0.1) is 6.10 Å². The maximum Gasteiger partial charge on any atom is 0.534 e. The van der Waals surface area contributed by atoms with Gasteiger partial charge in [-0.1, -0.05) is 6.58 Å². The largest absolute Gasteiger partial charge is 0.534 e. The zero-order chi connectivity index (χ0) is 14.6. The third-order valence-corrected chi connectivity index (χ3v) is 2.72. The molecule has 2 atom stereocenters. The SMILES string of the molecule is C#CC[C@H](O)C[C@H](O)C(=C)OS(=O)(=O)C(F)(F)F. The van der Waals surface area contributed by atoms with Crippen LogP contribution in [0.1, 0.15) is 12.8 Å². The summed E-state index contributed by atoms with van der Waals surface area (Å²) in [4.78, 5) is 0. The van der Waals surface area contributed by atoms with E-state index >= 15 is 0 Å². The Balaban J connectivity index is 4.57. The average Bonchev–Trinajstić information content (AvgIpc) is 2.15. The van der Waals surface area contributed by atoms with Crippen LogP contribution in [0.25, 0.3) is 0 Å². The summed E-state index contributed by atoms with van der Waals surface area (Å²) in [7, 11) is -5.87. The van der Waals surface area contributed by atoms with Crippen molar-refractivity contribution in [2.24, 2.45) is 0 Å². The highest BCUT2D eigenvalue weighted by molar-refractivity contribution is 7.87. The lowest BCUT2D eigenvalue weighted by molar-refractivity contribution is -0.0535. The molecule has 0 heterocycles. The van der Waals surface area contributed by atoms with Gasteiger partial charge < -0.3 is 14.4 Å². The van der Waals surface area contributed by atoms with E-state index in [9.17, 15) is 26.7 Å². The Bertz CT molecular complexity index is 434. The first-order valence-corrected chi connectivity index (χ1v) is 5.91. The minimum atomic E-state index is -5.87. The van der Waals surface area contributed by atoms with Gasteiger partial charge in [0.15, 0.2) is 0 Å². The summed E-state index contributed by atoms with van der Waals surface area (Å²) in [6, 6.07) is 0. The predicted molar refractivity (Wildman–Crippen MR) is 55.3 cm³/mol. The number of rotatable bonds is 6. The maximum atomic E-state index is 11.9. The number of halogens is 3. The summed E-state index contributed by atoms with van der Waals surface area (Å²) >= 11 is 0. The number of aliphatic hydroxyl groups is 2. The monoisotopic (exact) mass is 288 g/mol. The fourth-order valence-corrected chi connectivity index (χ4v) is 1.34. The molecule has 5 nitrogen and oxygen atoms in total. The standard InChI is InChI=1S/C9H11F3O5S/c1-3-4-7(13)5-8(14)6(2)17-18(15,16)9(10,11)12/h1,7-8,13-14H,2,4-5H2/t7-,8-/m0/s1. The molecular formula is C9H11F3O5S. The Morgan fingerprint density at radius 1 is 1.44 bits per heavy atom. The van der Waals surface area contributed by atoms with Crippen molar-refractivity contribution < 1.29 is 36.0 Å². The zero-order valence-electron chi connectivity index (χ0n) is 9.01. The predicted octanol–water partition coefficient (Wildman–Crippen LogP) is 0.502. The Morgan fingerprint density at radius 2 is 1.94 bits per heavy atom. The molecule has 0 rings (SSSR count). The van der Waals surface area contributed by atoms with Crippen LogP contribution in [0.4, 0.5) is 13.2 Å². The Hall–Kier alpha value is -1.24. The van der Waals surface area contributed by atoms with Crippen molar-refractivity contribution in [1.29, 1.82) is 0 Å². The smallest absolute Gasteiger partial charge is 0.392 e. The Labute approximate surface area is 102 Å². The van der Waals surface area contributed by atoms with Crippen LogP contribution in [0, 0.1) is 12.3 Å². The molecule has 0 aromatic heterocycles. The molecule has 9 heteroatoms. The van der Waals surface area contributed by atoms with E-state index in [1.54, 1.807) is 0 Å². The topological polar surface area (TPSA) is 83.8 Å². The van der Waals surface area contributed by atoms with Crippen LogP contribution < -0.4 is 0 Å². The van der Waals surface area contributed by atoms with Crippen molar-refractivity contribution in [3.05, 3.63) is 12.3 Å². The van der Waals surface area contributed by atoms with E-state index in [1.807, 2.05) is 0 Å². The van der Waals surface area contributed by atoms with Crippen molar-refractivity contribution in [2.75, 3.05) is 0 Å². The molecule has 0 bridgehead atoms. The molecule has 0 fully saturated rings. The van der Waals surface area contributed by atoms with E-state index in [4.69, 9.17) is 11.5 Å². The zero-order valence-corrected chi connectivity index (χ0v) is 9.83. The van der Waals surface area contributed by atoms with E-state index in [2.05, 4.69) is 16.7 Å². The highest BCUT2D eigenvalue weighted by Gasteiger charge is 2.49. The van der Waals surface area contributed by atoms with Gasteiger partial charge in [-0.15, -0.1) is 12.3 Å². The lowest BCUT2D eigenvalue weighted by Crippen LogP contribution is -2.29. The molecule has 0 amide bonds.